The fourth-order valence-electron chi connectivity index (χ4n) is 1.88. The third-order valence-electron chi connectivity index (χ3n) is 2.91. The van der Waals surface area contributed by atoms with Crippen LogP contribution in [0.25, 0.3) is 0 Å². The number of hydrogen-bond acceptors (Lipinski definition) is 7. The number of aromatic amines is 1. The van der Waals surface area contributed by atoms with Gasteiger partial charge in [-0.1, -0.05) is 0 Å². The van der Waals surface area contributed by atoms with E-state index in [-0.39, 0.29) is 11.8 Å². The van der Waals surface area contributed by atoms with Gasteiger partial charge in [-0.25, -0.2) is 4.79 Å². The summed E-state index contributed by atoms with van der Waals surface area (Å²) in [6.07, 6.45) is -4.03. The third kappa shape index (κ3) is 2.24. The Morgan fingerprint density at radius 2 is 2.05 bits per heavy atom. The topological polar surface area (TPSA) is 142 Å². The third-order valence-corrected chi connectivity index (χ3v) is 2.91. The van der Waals surface area contributed by atoms with Gasteiger partial charge in [0.15, 0.2) is 12.5 Å². The molecule has 4 N–H and O–H groups in total. The first-order chi connectivity index (χ1) is 8.99. The SMILES string of the molecule is O=Cc1cn(C2O[C@H](CO)[C@@H](O)[C@H]2O)c(=O)[nH]c1=O. The summed E-state index contributed by atoms with van der Waals surface area (Å²) in [5, 5.41) is 28.2. The zero-order valence-corrected chi connectivity index (χ0v) is 9.59. The summed E-state index contributed by atoms with van der Waals surface area (Å²) < 4.78 is 5.90. The first-order valence-electron chi connectivity index (χ1n) is 5.42. The lowest BCUT2D eigenvalue weighted by atomic mass is 10.1. The molecule has 0 aromatic carbocycles. The molecule has 9 heteroatoms. The highest BCUT2D eigenvalue weighted by Crippen LogP contribution is 2.27. The molecule has 1 saturated heterocycles. The highest BCUT2D eigenvalue weighted by atomic mass is 16.6. The quantitative estimate of drug-likeness (QED) is 0.428. The number of carbonyl (C=O) groups is 1. The van der Waals surface area contributed by atoms with Crippen molar-refractivity contribution in [3.8, 4) is 0 Å². The van der Waals surface area contributed by atoms with E-state index in [1.54, 1.807) is 0 Å². The van der Waals surface area contributed by atoms with Crippen LogP contribution < -0.4 is 11.2 Å². The molecule has 0 amide bonds. The average molecular weight is 272 g/mol. The van der Waals surface area contributed by atoms with Gasteiger partial charge in [-0.05, 0) is 0 Å². The van der Waals surface area contributed by atoms with Crippen LogP contribution in [0.2, 0.25) is 0 Å². The molecular formula is C10H12N2O7. The second-order valence-electron chi connectivity index (χ2n) is 4.10. The van der Waals surface area contributed by atoms with Gasteiger partial charge in [-0.15, -0.1) is 0 Å². The van der Waals surface area contributed by atoms with Crippen LogP contribution in [0, 0.1) is 0 Å². The van der Waals surface area contributed by atoms with Crippen molar-refractivity contribution in [3.05, 3.63) is 32.6 Å². The number of aliphatic hydroxyl groups is 3. The Morgan fingerprint density at radius 1 is 1.37 bits per heavy atom. The summed E-state index contributed by atoms with van der Waals surface area (Å²) in [4.78, 5) is 35.3. The van der Waals surface area contributed by atoms with Crippen molar-refractivity contribution in [1.29, 1.82) is 0 Å². The van der Waals surface area contributed by atoms with E-state index in [0.717, 1.165) is 10.8 Å². The Hall–Kier alpha value is -1.81. The predicted molar refractivity (Wildman–Crippen MR) is 59.7 cm³/mol. The van der Waals surface area contributed by atoms with E-state index in [4.69, 9.17) is 9.84 Å². The average Bonchev–Trinajstić information content (AvgIpc) is 2.67. The molecule has 1 aliphatic heterocycles. The minimum atomic E-state index is -1.47. The van der Waals surface area contributed by atoms with Gasteiger partial charge in [-0.2, -0.15) is 0 Å². The van der Waals surface area contributed by atoms with Crippen molar-refractivity contribution in [3.63, 3.8) is 0 Å². The molecule has 2 rings (SSSR count). The van der Waals surface area contributed by atoms with Crippen LogP contribution in [0.1, 0.15) is 16.6 Å². The molecule has 0 bridgehead atoms. The highest BCUT2D eigenvalue weighted by Gasteiger charge is 2.43. The van der Waals surface area contributed by atoms with Gasteiger partial charge in [0.1, 0.15) is 18.3 Å². The van der Waals surface area contributed by atoms with Crippen LogP contribution in [-0.4, -0.2) is 56.1 Å². The molecule has 0 aliphatic carbocycles. The van der Waals surface area contributed by atoms with E-state index in [0.29, 0.717) is 0 Å². The summed E-state index contributed by atoms with van der Waals surface area (Å²) in [5.74, 6) is 0. The number of rotatable bonds is 3. The fraction of sp³-hybridized carbons (Fsp3) is 0.500. The Balaban J connectivity index is 2.46. The molecule has 0 saturated carbocycles. The van der Waals surface area contributed by atoms with Crippen molar-refractivity contribution in [2.75, 3.05) is 6.61 Å². The van der Waals surface area contributed by atoms with Crippen LogP contribution in [0.5, 0.6) is 0 Å². The maximum absolute atomic E-state index is 11.6. The number of aldehydes is 1. The van der Waals surface area contributed by atoms with Crippen molar-refractivity contribution >= 4 is 6.29 Å². The Labute approximate surface area is 105 Å². The standard InChI is InChI=1S/C10H12N2O7/c13-2-4-1-12(10(18)11-8(4)17)9-7(16)6(15)5(3-14)19-9/h1-2,5-7,9,14-16H,3H2,(H,11,17,18)/t5-,6-,7-,9?/m1/s1. The van der Waals surface area contributed by atoms with Crippen molar-refractivity contribution in [1.82, 2.24) is 9.55 Å². The van der Waals surface area contributed by atoms with Gasteiger partial charge in [0.05, 0.1) is 12.2 Å². The van der Waals surface area contributed by atoms with Crippen LogP contribution in [0.3, 0.4) is 0 Å². The van der Waals surface area contributed by atoms with Crippen molar-refractivity contribution in [2.45, 2.75) is 24.5 Å². The van der Waals surface area contributed by atoms with Crippen LogP contribution in [0.15, 0.2) is 15.8 Å². The predicted octanol–water partition coefficient (Wildman–Crippen LogP) is -3.04. The minimum Gasteiger partial charge on any atom is -0.394 e. The van der Waals surface area contributed by atoms with Crippen LogP contribution in [0.4, 0.5) is 0 Å². The molecule has 1 aromatic rings. The summed E-state index contributed by atoms with van der Waals surface area (Å²) in [6, 6.07) is 0. The zero-order valence-electron chi connectivity index (χ0n) is 9.59. The van der Waals surface area contributed by atoms with Crippen LogP contribution in [-0.2, 0) is 4.74 Å². The lowest BCUT2D eigenvalue weighted by molar-refractivity contribution is -0.0550. The molecule has 104 valence electrons. The van der Waals surface area contributed by atoms with Gasteiger partial charge < -0.3 is 20.1 Å². The summed E-state index contributed by atoms with van der Waals surface area (Å²) >= 11 is 0. The number of nitrogens with one attached hydrogen (secondary N) is 1. The molecule has 1 unspecified atom stereocenters. The van der Waals surface area contributed by atoms with Gasteiger partial charge in [0.2, 0.25) is 0 Å². The Kier molecular flexibility index (Phi) is 3.62. The first kappa shape index (κ1) is 13.6. The molecule has 1 aromatic heterocycles. The molecule has 2 heterocycles. The fourth-order valence-corrected chi connectivity index (χ4v) is 1.88. The normalized spacial score (nSPS) is 30.5. The summed E-state index contributed by atoms with van der Waals surface area (Å²) in [6.45, 7) is -0.548. The highest BCUT2D eigenvalue weighted by molar-refractivity contribution is 5.73. The van der Waals surface area contributed by atoms with E-state index in [1.807, 2.05) is 4.98 Å². The number of nitrogens with zero attached hydrogens (tertiary/aromatic N) is 1. The minimum absolute atomic E-state index is 0.246. The van der Waals surface area contributed by atoms with Gasteiger partial charge in [0, 0.05) is 6.20 Å². The maximum atomic E-state index is 11.6. The van der Waals surface area contributed by atoms with E-state index >= 15 is 0 Å². The molecule has 1 aliphatic rings. The Bertz CT molecular complexity index is 592. The van der Waals surface area contributed by atoms with E-state index in [2.05, 4.69) is 0 Å². The lowest BCUT2D eigenvalue weighted by Gasteiger charge is -2.17. The first-order valence-corrected chi connectivity index (χ1v) is 5.42. The monoisotopic (exact) mass is 272 g/mol. The molecule has 9 nitrogen and oxygen atoms in total. The zero-order chi connectivity index (χ0) is 14.2. The summed E-state index contributed by atoms with van der Waals surface area (Å²) in [5.41, 5.74) is -2.08. The molecule has 0 radical (unpaired) electrons. The summed E-state index contributed by atoms with van der Waals surface area (Å²) in [7, 11) is 0. The lowest BCUT2D eigenvalue weighted by Crippen LogP contribution is -2.38. The van der Waals surface area contributed by atoms with E-state index in [1.165, 1.54) is 0 Å². The molecule has 4 atom stereocenters. The van der Waals surface area contributed by atoms with Crippen LogP contribution >= 0.6 is 0 Å². The number of aliphatic hydroxyl groups excluding tert-OH is 3. The second-order valence-corrected chi connectivity index (χ2v) is 4.10. The molecule has 19 heavy (non-hydrogen) atoms. The van der Waals surface area contributed by atoms with Crippen molar-refractivity contribution in [2.24, 2.45) is 0 Å². The number of aromatic nitrogens is 2. The van der Waals surface area contributed by atoms with Gasteiger partial charge in [0.25, 0.3) is 5.56 Å². The number of H-pyrrole nitrogens is 1. The number of hydrogen-bond donors (Lipinski definition) is 4. The van der Waals surface area contributed by atoms with Crippen molar-refractivity contribution < 1.29 is 24.9 Å². The largest absolute Gasteiger partial charge is 0.394 e. The smallest absolute Gasteiger partial charge is 0.330 e. The maximum Gasteiger partial charge on any atom is 0.330 e. The molecule has 1 fully saturated rings. The van der Waals surface area contributed by atoms with E-state index in [9.17, 15) is 24.6 Å². The second kappa shape index (κ2) is 5.05. The van der Waals surface area contributed by atoms with Gasteiger partial charge in [-0.3, -0.25) is 19.1 Å². The number of carbonyl (C=O) groups excluding carboxylic acids is 1. The molecular weight excluding hydrogens is 260 g/mol. The molecule has 0 spiro atoms. The van der Waals surface area contributed by atoms with E-state index < -0.39 is 42.4 Å². The number of ether oxygens (including phenoxy) is 1. The Morgan fingerprint density at radius 3 is 2.58 bits per heavy atom. The van der Waals surface area contributed by atoms with Gasteiger partial charge >= 0.3 is 5.69 Å².